The maximum absolute atomic E-state index is 13.0. The van der Waals surface area contributed by atoms with Crippen LogP contribution in [-0.2, 0) is 17.2 Å². The van der Waals surface area contributed by atoms with Gasteiger partial charge in [-0.05, 0) is 24.5 Å². The molecule has 0 spiro atoms. The molecule has 1 aliphatic heterocycles. The van der Waals surface area contributed by atoms with Crippen LogP contribution in [0.15, 0.2) is 42.6 Å². The molecule has 1 fully saturated rings. The molecule has 20 heavy (non-hydrogen) atoms. The Morgan fingerprint density at radius 1 is 1.20 bits per heavy atom. The summed E-state index contributed by atoms with van der Waals surface area (Å²) in [5.74, 6) is 0.104. The van der Waals surface area contributed by atoms with Crippen LogP contribution in [0.4, 0.5) is 0 Å². The number of rotatable bonds is 3. The van der Waals surface area contributed by atoms with Gasteiger partial charge in [-0.25, -0.2) is 0 Å². The SMILES string of the molecule is Cn1ccc(C(=O)C2(c3ccccc3)CCOCC2)n1. The molecular formula is C16H18N2O2. The van der Waals surface area contributed by atoms with E-state index in [2.05, 4.69) is 5.10 Å². The highest BCUT2D eigenvalue weighted by atomic mass is 16.5. The molecule has 0 aliphatic carbocycles. The Hall–Kier alpha value is -1.94. The van der Waals surface area contributed by atoms with Gasteiger partial charge in [-0.15, -0.1) is 0 Å². The summed E-state index contributed by atoms with van der Waals surface area (Å²) in [7, 11) is 1.83. The smallest absolute Gasteiger partial charge is 0.193 e. The summed E-state index contributed by atoms with van der Waals surface area (Å²) in [6.07, 6.45) is 3.24. The standard InChI is InChI=1S/C16H18N2O2/c1-18-10-7-14(17-18)15(19)16(8-11-20-12-9-16)13-5-3-2-4-6-13/h2-7,10H,8-9,11-12H2,1H3. The van der Waals surface area contributed by atoms with E-state index in [1.807, 2.05) is 43.6 Å². The molecule has 0 atom stereocenters. The van der Waals surface area contributed by atoms with Gasteiger partial charge in [-0.2, -0.15) is 5.10 Å². The first-order valence-corrected chi connectivity index (χ1v) is 6.90. The van der Waals surface area contributed by atoms with Gasteiger partial charge in [0.05, 0.1) is 5.41 Å². The van der Waals surface area contributed by atoms with Crippen LogP contribution in [0, 0.1) is 0 Å². The van der Waals surface area contributed by atoms with Crippen LogP contribution in [0.3, 0.4) is 0 Å². The number of Topliss-reactive ketones (excluding diaryl/α,β-unsaturated/α-hetero) is 1. The van der Waals surface area contributed by atoms with Crippen molar-refractivity contribution in [2.75, 3.05) is 13.2 Å². The van der Waals surface area contributed by atoms with Crippen LogP contribution in [0.1, 0.15) is 28.9 Å². The van der Waals surface area contributed by atoms with Crippen molar-refractivity contribution in [3.05, 3.63) is 53.9 Å². The van der Waals surface area contributed by atoms with Crippen LogP contribution < -0.4 is 0 Å². The third-order valence-corrected chi connectivity index (χ3v) is 4.05. The second kappa shape index (κ2) is 5.21. The van der Waals surface area contributed by atoms with Crippen LogP contribution in [0.2, 0.25) is 0 Å². The molecule has 2 aromatic rings. The van der Waals surface area contributed by atoms with E-state index < -0.39 is 5.41 Å². The van der Waals surface area contributed by atoms with Crippen molar-refractivity contribution in [3.8, 4) is 0 Å². The lowest BCUT2D eigenvalue weighted by Crippen LogP contribution is -2.41. The summed E-state index contributed by atoms with van der Waals surface area (Å²) in [5, 5.41) is 4.28. The topological polar surface area (TPSA) is 44.1 Å². The minimum atomic E-state index is -0.492. The number of aryl methyl sites for hydroxylation is 1. The number of hydrogen-bond donors (Lipinski definition) is 0. The van der Waals surface area contributed by atoms with Crippen molar-refractivity contribution in [2.45, 2.75) is 18.3 Å². The minimum absolute atomic E-state index is 0.104. The summed E-state index contributed by atoms with van der Waals surface area (Å²) in [4.78, 5) is 13.0. The Bertz CT molecular complexity index is 598. The Balaban J connectivity index is 2.04. The molecule has 3 rings (SSSR count). The van der Waals surface area contributed by atoms with Crippen LogP contribution >= 0.6 is 0 Å². The molecule has 0 saturated carbocycles. The molecule has 4 nitrogen and oxygen atoms in total. The summed E-state index contributed by atoms with van der Waals surface area (Å²) >= 11 is 0. The molecule has 1 saturated heterocycles. The molecule has 0 amide bonds. The first-order chi connectivity index (χ1) is 9.72. The highest BCUT2D eigenvalue weighted by molar-refractivity contribution is 6.02. The van der Waals surface area contributed by atoms with Gasteiger partial charge in [-0.1, -0.05) is 30.3 Å². The molecular weight excluding hydrogens is 252 g/mol. The van der Waals surface area contributed by atoms with Gasteiger partial charge in [0.25, 0.3) is 0 Å². The fraction of sp³-hybridized carbons (Fsp3) is 0.375. The Kier molecular flexibility index (Phi) is 3.40. The molecule has 104 valence electrons. The van der Waals surface area contributed by atoms with E-state index in [9.17, 15) is 4.79 Å². The van der Waals surface area contributed by atoms with Crippen LogP contribution in [0.5, 0.6) is 0 Å². The molecule has 0 bridgehead atoms. The second-order valence-corrected chi connectivity index (χ2v) is 5.26. The lowest BCUT2D eigenvalue weighted by molar-refractivity contribution is 0.0420. The number of benzene rings is 1. The maximum atomic E-state index is 13.0. The lowest BCUT2D eigenvalue weighted by atomic mass is 9.70. The lowest BCUT2D eigenvalue weighted by Gasteiger charge is -2.35. The fourth-order valence-corrected chi connectivity index (χ4v) is 2.91. The second-order valence-electron chi connectivity index (χ2n) is 5.26. The van der Waals surface area contributed by atoms with Crippen molar-refractivity contribution in [1.82, 2.24) is 9.78 Å². The molecule has 4 heteroatoms. The average molecular weight is 270 g/mol. The minimum Gasteiger partial charge on any atom is -0.381 e. The number of ether oxygens (including phenoxy) is 1. The van der Waals surface area contributed by atoms with Crippen molar-refractivity contribution in [2.24, 2.45) is 7.05 Å². The highest BCUT2D eigenvalue weighted by Gasteiger charge is 2.42. The Morgan fingerprint density at radius 3 is 2.50 bits per heavy atom. The molecule has 0 unspecified atom stereocenters. The largest absolute Gasteiger partial charge is 0.381 e. The monoisotopic (exact) mass is 270 g/mol. The number of nitrogens with zero attached hydrogens (tertiary/aromatic N) is 2. The Morgan fingerprint density at radius 2 is 1.90 bits per heavy atom. The van der Waals surface area contributed by atoms with Crippen molar-refractivity contribution < 1.29 is 9.53 Å². The summed E-state index contributed by atoms with van der Waals surface area (Å²) < 4.78 is 7.13. The molecule has 1 aromatic heterocycles. The van der Waals surface area contributed by atoms with E-state index in [0.717, 1.165) is 5.56 Å². The number of carbonyl (C=O) groups is 1. The third kappa shape index (κ3) is 2.16. The number of ketones is 1. The first-order valence-electron chi connectivity index (χ1n) is 6.90. The van der Waals surface area contributed by atoms with Crippen molar-refractivity contribution in [1.29, 1.82) is 0 Å². The van der Waals surface area contributed by atoms with Gasteiger partial charge < -0.3 is 4.74 Å². The zero-order valence-electron chi connectivity index (χ0n) is 11.6. The number of carbonyl (C=O) groups excluding carboxylic acids is 1. The van der Waals surface area contributed by atoms with Gasteiger partial charge in [0, 0.05) is 26.5 Å². The summed E-state index contributed by atoms with van der Waals surface area (Å²) in [6, 6.07) is 11.8. The Labute approximate surface area is 118 Å². The summed E-state index contributed by atoms with van der Waals surface area (Å²) in [6.45, 7) is 1.24. The molecule has 0 N–H and O–H groups in total. The highest BCUT2D eigenvalue weighted by Crippen LogP contribution is 2.37. The van der Waals surface area contributed by atoms with E-state index in [1.165, 1.54) is 0 Å². The van der Waals surface area contributed by atoms with Gasteiger partial charge in [0.15, 0.2) is 5.78 Å². The quantitative estimate of drug-likeness (QED) is 0.804. The number of aromatic nitrogens is 2. The molecule has 2 heterocycles. The average Bonchev–Trinajstić information content (AvgIpc) is 2.94. The van der Waals surface area contributed by atoms with E-state index in [-0.39, 0.29) is 5.78 Å². The maximum Gasteiger partial charge on any atom is 0.193 e. The van der Waals surface area contributed by atoms with Gasteiger partial charge in [0.1, 0.15) is 5.69 Å². The number of hydrogen-bond acceptors (Lipinski definition) is 3. The van der Waals surface area contributed by atoms with E-state index in [0.29, 0.717) is 31.7 Å². The van der Waals surface area contributed by atoms with E-state index >= 15 is 0 Å². The molecule has 1 aliphatic rings. The molecule has 1 aromatic carbocycles. The zero-order valence-corrected chi connectivity index (χ0v) is 11.6. The van der Waals surface area contributed by atoms with Gasteiger partial charge in [0.2, 0.25) is 0 Å². The fourth-order valence-electron chi connectivity index (χ4n) is 2.91. The normalized spacial score (nSPS) is 17.9. The zero-order chi connectivity index (χ0) is 14.0. The predicted molar refractivity (Wildman–Crippen MR) is 75.7 cm³/mol. The van der Waals surface area contributed by atoms with Crippen LogP contribution in [-0.4, -0.2) is 28.8 Å². The predicted octanol–water partition coefficient (Wildman–Crippen LogP) is 2.35. The van der Waals surface area contributed by atoms with Crippen molar-refractivity contribution in [3.63, 3.8) is 0 Å². The van der Waals surface area contributed by atoms with E-state index in [1.54, 1.807) is 10.7 Å². The third-order valence-electron chi connectivity index (χ3n) is 4.05. The molecule has 0 radical (unpaired) electrons. The van der Waals surface area contributed by atoms with E-state index in [4.69, 9.17) is 4.74 Å². The summed E-state index contributed by atoms with van der Waals surface area (Å²) in [5.41, 5.74) is 1.12. The van der Waals surface area contributed by atoms with Gasteiger partial charge >= 0.3 is 0 Å². The first kappa shape index (κ1) is 13.1. The van der Waals surface area contributed by atoms with Crippen molar-refractivity contribution >= 4 is 5.78 Å². The van der Waals surface area contributed by atoms with Crippen LogP contribution in [0.25, 0.3) is 0 Å². The van der Waals surface area contributed by atoms with Gasteiger partial charge in [-0.3, -0.25) is 9.48 Å².